The van der Waals surface area contributed by atoms with Crippen molar-refractivity contribution in [3.8, 4) is 5.75 Å². The van der Waals surface area contributed by atoms with Gasteiger partial charge in [0.15, 0.2) is 5.78 Å². The van der Waals surface area contributed by atoms with Crippen molar-refractivity contribution in [3.63, 3.8) is 0 Å². The van der Waals surface area contributed by atoms with Crippen molar-refractivity contribution in [2.45, 2.75) is 17.1 Å². The minimum Gasteiger partial charge on any atom is -0.496 e. The third-order valence-electron chi connectivity index (χ3n) is 2.56. The molecular weight excluding hydrogens is 300 g/mol. The molecule has 0 bridgehead atoms. The predicted octanol–water partition coefficient (Wildman–Crippen LogP) is 4.77. The minimum absolute atomic E-state index is 0.0906. The average molecular weight is 313 g/mol. The first-order chi connectivity index (χ1) is 9.11. The monoisotopic (exact) mass is 312 g/mol. The number of halogens is 1. The third kappa shape index (κ3) is 3.53. The van der Waals surface area contributed by atoms with Gasteiger partial charge in [-0.3, -0.25) is 4.79 Å². The highest BCUT2D eigenvalue weighted by molar-refractivity contribution is 8.00. The van der Waals surface area contributed by atoms with Crippen molar-refractivity contribution >= 4 is 40.5 Å². The first-order valence-corrected chi connectivity index (χ1v) is 7.78. The van der Waals surface area contributed by atoms with Gasteiger partial charge >= 0.3 is 0 Å². The molecule has 2 nitrogen and oxygen atoms in total. The van der Waals surface area contributed by atoms with E-state index in [1.54, 1.807) is 19.2 Å². The van der Waals surface area contributed by atoms with Crippen LogP contribution in [0.5, 0.6) is 5.75 Å². The third-order valence-corrected chi connectivity index (χ3v) is 4.96. The van der Waals surface area contributed by atoms with Crippen LogP contribution in [-0.2, 0) is 0 Å². The fourth-order valence-corrected chi connectivity index (χ4v) is 3.79. The largest absolute Gasteiger partial charge is 0.496 e. The quantitative estimate of drug-likeness (QED) is 0.587. The maximum absolute atomic E-state index is 12.3. The first kappa shape index (κ1) is 14.4. The van der Waals surface area contributed by atoms with Crippen LogP contribution in [0.1, 0.15) is 16.6 Å². The lowest BCUT2D eigenvalue weighted by atomic mass is 10.2. The molecule has 2 aromatic rings. The van der Waals surface area contributed by atoms with Crippen molar-refractivity contribution in [1.82, 2.24) is 0 Å². The Hall–Kier alpha value is -0.970. The summed E-state index contributed by atoms with van der Waals surface area (Å²) in [6.07, 6.45) is 0. The molecule has 0 saturated carbocycles. The molecule has 1 heterocycles. The molecule has 0 radical (unpaired) electrons. The van der Waals surface area contributed by atoms with Crippen LogP contribution in [0.2, 0.25) is 4.34 Å². The Balaban J connectivity index is 2.12. The number of carbonyl (C=O) groups excluding carboxylic acids is 1. The highest BCUT2D eigenvalue weighted by atomic mass is 35.5. The van der Waals surface area contributed by atoms with Crippen LogP contribution in [0.15, 0.2) is 41.3 Å². The van der Waals surface area contributed by atoms with Gasteiger partial charge in [-0.05, 0) is 31.2 Å². The lowest BCUT2D eigenvalue weighted by Gasteiger charge is -2.12. The fourth-order valence-electron chi connectivity index (χ4n) is 1.61. The van der Waals surface area contributed by atoms with Gasteiger partial charge in [-0.2, -0.15) is 0 Å². The normalized spacial score (nSPS) is 12.2. The van der Waals surface area contributed by atoms with Gasteiger partial charge in [-0.25, -0.2) is 0 Å². The van der Waals surface area contributed by atoms with E-state index in [9.17, 15) is 4.79 Å². The molecule has 100 valence electrons. The summed E-state index contributed by atoms with van der Waals surface area (Å²) in [7, 11) is 1.63. The van der Waals surface area contributed by atoms with Gasteiger partial charge < -0.3 is 4.74 Å². The Morgan fingerprint density at radius 3 is 2.68 bits per heavy atom. The van der Waals surface area contributed by atoms with Crippen LogP contribution in [-0.4, -0.2) is 18.1 Å². The Bertz CT molecular complexity index is 580. The maximum Gasteiger partial charge on any atom is 0.185 e. The van der Waals surface area contributed by atoms with Crippen LogP contribution in [0.3, 0.4) is 0 Å². The fraction of sp³-hybridized carbons (Fsp3) is 0.214. The molecule has 1 aromatic heterocycles. The van der Waals surface area contributed by atoms with Gasteiger partial charge in [0.2, 0.25) is 0 Å². The number of ketones is 1. The molecule has 0 aliphatic carbocycles. The standard InChI is InChI=1S/C14H13ClO2S2/c1-9(14(16)12-7-8-13(15)19-12)18-11-6-4-3-5-10(11)17-2/h3-9H,1-2H3. The smallest absolute Gasteiger partial charge is 0.185 e. The Labute approximate surface area is 125 Å². The lowest BCUT2D eigenvalue weighted by Crippen LogP contribution is -2.11. The molecule has 1 atom stereocenters. The van der Waals surface area contributed by atoms with Gasteiger partial charge in [0.1, 0.15) is 5.75 Å². The number of thioether (sulfide) groups is 1. The van der Waals surface area contributed by atoms with Gasteiger partial charge in [-0.1, -0.05) is 23.7 Å². The van der Waals surface area contributed by atoms with E-state index in [-0.39, 0.29) is 11.0 Å². The summed E-state index contributed by atoms with van der Waals surface area (Å²) in [6, 6.07) is 11.2. The molecule has 0 amide bonds. The van der Waals surface area contributed by atoms with Crippen molar-refractivity contribution in [2.75, 3.05) is 7.11 Å². The second-order valence-electron chi connectivity index (χ2n) is 3.88. The number of Topliss-reactive ketones (excluding diaryl/α,β-unsaturated/α-hetero) is 1. The molecule has 19 heavy (non-hydrogen) atoms. The highest BCUT2D eigenvalue weighted by Gasteiger charge is 2.19. The molecule has 0 aliphatic heterocycles. The number of carbonyl (C=O) groups is 1. The first-order valence-electron chi connectivity index (χ1n) is 5.71. The van der Waals surface area contributed by atoms with Crippen molar-refractivity contribution in [1.29, 1.82) is 0 Å². The summed E-state index contributed by atoms with van der Waals surface area (Å²) in [4.78, 5) is 13.9. The maximum atomic E-state index is 12.3. The van der Waals surface area contributed by atoms with E-state index in [1.807, 2.05) is 31.2 Å². The number of para-hydroxylation sites is 1. The number of rotatable bonds is 5. The lowest BCUT2D eigenvalue weighted by molar-refractivity contribution is 0.0998. The Kier molecular flexibility index (Phi) is 4.91. The zero-order chi connectivity index (χ0) is 13.8. The molecule has 1 unspecified atom stereocenters. The minimum atomic E-state index is -0.175. The molecule has 0 fully saturated rings. The number of ether oxygens (including phenoxy) is 1. The van der Waals surface area contributed by atoms with Crippen LogP contribution in [0, 0.1) is 0 Å². The van der Waals surface area contributed by atoms with E-state index in [0.29, 0.717) is 9.21 Å². The number of hydrogen-bond donors (Lipinski definition) is 0. The second kappa shape index (κ2) is 6.46. The van der Waals surface area contributed by atoms with Crippen LogP contribution < -0.4 is 4.74 Å². The molecule has 5 heteroatoms. The molecular formula is C14H13ClO2S2. The summed E-state index contributed by atoms with van der Waals surface area (Å²) in [6.45, 7) is 1.90. The summed E-state index contributed by atoms with van der Waals surface area (Å²) in [5.41, 5.74) is 0. The number of hydrogen-bond acceptors (Lipinski definition) is 4. The molecule has 1 aromatic carbocycles. The summed E-state index contributed by atoms with van der Waals surface area (Å²) < 4.78 is 5.92. The highest BCUT2D eigenvalue weighted by Crippen LogP contribution is 2.34. The van der Waals surface area contributed by atoms with E-state index < -0.39 is 0 Å². The second-order valence-corrected chi connectivity index (χ2v) is 6.98. The SMILES string of the molecule is COc1ccccc1SC(C)C(=O)c1ccc(Cl)s1. The summed E-state index contributed by atoms with van der Waals surface area (Å²) in [5, 5.41) is -0.175. The average Bonchev–Trinajstić information content (AvgIpc) is 2.85. The number of methoxy groups -OCH3 is 1. The van der Waals surface area contributed by atoms with Crippen molar-refractivity contribution < 1.29 is 9.53 Å². The van der Waals surface area contributed by atoms with Crippen LogP contribution >= 0.6 is 34.7 Å². The van der Waals surface area contributed by atoms with Crippen molar-refractivity contribution in [2.24, 2.45) is 0 Å². The van der Waals surface area contributed by atoms with E-state index in [1.165, 1.54) is 23.1 Å². The van der Waals surface area contributed by atoms with Gasteiger partial charge in [0, 0.05) is 0 Å². The van der Waals surface area contributed by atoms with Gasteiger partial charge in [0.25, 0.3) is 0 Å². The van der Waals surface area contributed by atoms with Gasteiger partial charge in [0.05, 0.1) is 26.5 Å². The summed E-state index contributed by atoms with van der Waals surface area (Å²) >= 11 is 8.67. The van der Waals surface area contributed by atoms with E-state index in [0.717, 1.165) is 10.6 Å². The molecule has 0 spiro atoms. The number of thiophene rings is 1. The van der Waals surface area contributed by atoms with Gasteiger partial charge in [-0.15, -0.1) is 23.1 Å². The van der Waals surface area contributed by atoms with Crippen LogP contribution in [0.25, 0.3) is 0 Å². The zero-order valence-corrected chi connectivity index (χ0v) is 12.9. The number of benzene rings is 1. The molecule has 0 aliphatic rings. The zero-order valence-electron chi connectivity index (χ0n) is 10.6. The van der Waals surface area contributed by atoms with Crippen LogP contribution in [0.4, 0.5) is 0 Å². The van der Waals surface area contributed by atoms with Crippen molar-refractivity contribution in [3.05, 3.63) is 45.6 Å². The van der Waals surface area contributed by atoms with E-state index in [2.05, 4.69) is 0 Å². The van der Waals surface area contributed by atoms with E-state index >= 15 is 0 Å². The predicted molar refractivity (Wildman–Crippen MR) is 82.0 cm³/mol. The molecule has 0 N–H and O–H groups in total. The summed E-state index contributed by atoms with van der Waals surface area (Å²) in [5.74, 6) is 0.879. The Morgan fingerprint density at radius 2 is 2.05 bits per heavy atom. The molecule has 2 rings (SSSR count). The topological polar surface area (TPSA) is 26.3 Å². The van der Waals surface area contributed by atoms with E-state index in [4.69, 9.17) is 16.3 Å². The Morgan fingerprint density at radius 1 is 1.32 bits per heavy atom. The molecule has 0 saturated heterocycles.